The summed E-state index contributed by atoms with van der Waals surface area (Å²) in [4.78, 5) is 41.6. The molecule has 2 aromatic rings. The lowest BCUT2D eigenvalue weighted by Crippen LogP contribution is -2.43. The van der Waals surface area contributed by atoms with Gasteiger partial charge in [0.05, 0.1) is 18.6 Å². The highest BCUT2D eigenvalue weighted by Gasteiger charge is 2.30. The zero-order valence-electron chi connectivity index (χ0n) is 20.5. The summed E-state index contributed by atoms with van der Waals surface area (Å²) < 4.78 is 16.3. The van der Waals surface area contributed by atoms with Crippen LogP contribution >= 0.6 is 11.6 Å². The van der Waals surface area contributed by atoms with E-state index in [0.717, 1.165) is 18.4 Å². The molecule has 2 saturated heterocycles. The van der Waals surface area contributed by atoms with Crippen molar-refractivity contribution in [3.63, 3.8) is 0 Å². The lowest BCUT2D eigenvalue weighted by molar-refractivity contribution is -0.151. The summed E-state index contributed by atoms with van der Waals surface area (Å²) >= 11 is 6.07. The van der Waals surface area contributed by atoms with Crippen molar-refractivity contribution in [1.82, 2.24) is 15.0 Å². The number of rotatable bonds is 9. The Balaban J connectivity index is 1.38. The van der Waals surface area contributed by atoms with Crippen LogP contribution in [0.3, 0.4) is 0 Å². The summed E-state index contributed by atoms with van der Waals surface area (Å²) in [6, 6.07) is 8.72. The Morgan fingerprint density at radius 1 is 1.19 bits per heavy atom. The maximum absolute atomic E-state index is 13.4. The van der Waals surface area contributed by atoms with Gasteiger partial charge < -0.3 is 23.8 Å². The van der Waals surface area contributed by atoms with Crippen molar-refractivity contribution in [2.24, 2.45) is 5.92 Å². The Hall–Kier alpha value is -2.91. The first-order chi connectivity index (χ1) is 17.4. The summed E-state index contributed by atoms with van der Waals surface area (Å²) in [6.07, 6.45) is 3.11. The molecule has 1 atom stereocenters. The third-order valence-electron chi connectivity index (χ3n) is 6.64. The van der Waals surface area contributed by atoms with Crippen LogP contribution in [0.25, 0.3) is 11.3 Å². The second-order valence-corrected chi connectivity index (χ2v) is 9.57. The Bertz CT molecular complexity index is 1060. The van der Waals surface area contributed by atoms with Crippen molar-refractivity contribution >= 4 is 29.4 Å². The average molecular weight is 518 g/mol. The maximum atomic E-state index is 13.4. The van der Waals surface area contributed by atoms with Crippen LogP contribution < -0.4 is 0 Å². The van der Waals surface area contributed by atoms with Gasteiger partial charge >= 0.3 is 5.97 Å². The normalized spacial score (nSPS) is 18.3. The number of likely N-dealkylation sites (tertiary alicyclic amines) is 1. The molecule has 0 aliphatic carbocycles. The predicted molar refractivity (Wildman–Crippen MR) is 132 cm³/mol. The standard InChI is InChI=1S/C26H32ClN3O6/c1-2-34-26(33)18-8-11-29(12-9-18)24(31)10-13-30(17-21-7-4-14-35-21)25(32)22-16-23(36-28-22)19-5-3-6-20(27)15-19/h3,5-6,15-16,18,21H,2,4,7-14,17H2,1H3/t21-/m0/s1. The Labute approximate surface area is 215 Å². The minimum Gasteiger partial charge on any atom is -0.466 e. The molecule has 2 fully saturated rings. The highest BCUT2D eigenvalue weighted by Crippen LogP contribution is 2.25. The molecule has 0 N–H and O–H groups in total. The van der Waals surface area contributed by atoms with Crippen LogP contribution in [-0.4, -0.2) is 78.2 Å². The Kier molecular flexibility index (Phi) is 8.98. The third kappa shape index (κ3) is 6.64. The SMILES string of the molecule is CCOC(=O)C1CCN(C(=O)CCN(C[C@@H]2CCCO2)C(=O)c2cc(-c3cccc(Cl)c3)on2)CC1. The number of amides is 2. The second kappa shape index (κ2) is 12.4. The summed E-state index contributed by atoms with van der Waals surface area (Å²) in [5.41, 5.74) is 0.895. The van der Waals surface area contributed by atoms with Gasteiger partial charge in [0.25, 0.3) is 5.91 Å². The van der Waals surface area contributed by atoms with Crippen molar-refractivity contribution < 1.29 is 28.4 Å². The molecule has 0 unspecified atom stereocenters. The van der Waals surface area contributed by atoms with Gasteiger partial charge in [-0.05, 0) is 44.7 Å². The molecule has 194 valence electrons. The molecule has 10 heteroatoms. The molecule has 9 nitrogen and oxygen atoms in total. The van der Waals surface area contributed by atoms with E-state index in [4.69, 9.17) is 25.6 Å². The zero-order valence-corrected chi connectivity index (χ0v) is 21.2. The van der Waals surface area contributed by atoms with E-state index >= 15 is 0 Å². The number of hydrogen-bond donors (Lipinski definition) is 0. The maximum Gasteiger partial charge on any atom is 0.309 e. The highest BCUT2D eigenvalue weighted by molar-refractivity contribution is 6.30. The van der Waals surface area contributed by atoms with Crippen molar-refractivity contribution in [3.8, 4) is 11.3 Å². The molecule has 2 aliphatic heterocycles. The van der Waals surface area contributed by atoms with Crippen LogP contribution in [0.1, 0.15) is 49.5 Å². The molecular formula is C26H32ClN3O6. The molecule has 3 heterocycles. The van der Waals surface area contributed by atoms with Crippen LogP contribution in [0.5, 0.6) is 0 Å². The van der Waals surface area contributed by atoms with Crippen molar-refractivity contribution in [2.45, 2.75) is 45.1 Å². The van der Waals surface area contributed by atoms with Gasteiger partial charge in [0, 0.05) is 55.9 Å². The molecule has 1 aromatic carbocycles. The minimum absolute atomic E-state index is 0.0396. The fourth-order valence-corrected chi connectivity index (χ4v) is 4.83. The van der Waals surface area contributed by atoms with Gasteiger partial charge in [-0.25, -0.2) is 0 Å². The third-order valence-corrected chi connectivity index (χ3v) is 6.87. The number of benzene rings is 1. The van der Waals surface area contributed by atoms with Gasteiger partial charge in [0.2, 0.25) is 5.91 Å². The van der Waals surface area contributed by atoms with Crippen LogP contribution in [0, 0.1) is 5.92 Å². The smallest absolute Gasteiger partial charge is 0.309 e. The molecule has 0 radical (unpaired) electrons. The largest absolute Gasteiger partial charge is 0.466 e. The van der Waals surface area contributed by atoms with Crippen molar-refractivity contribution in [1.29, 1.82) is 0 Å². The van der Waals surface area contributed by atoms with E-state index in [9.17, 15) is 14.4 Å². The van der Waals surface area contributed by atoms with Gasteiger partial charge in [0.1, 0.15) is 0 Å². The number of halogens is 1. The number of ether oxygens (including phenoxy) is 2. The quantitative estimate of drug-likeness (QED) is 0.466. The molecule has 4 rings (SSSR count). The molecule has 2 amide bonds. The molecule has 36 heavy (non-hydrogen) atoms. The molecule has 0 spiro atoms. The highest BCUT2D eigenvalue weighted by atomic mass is 35.5. The van der Waals surface area contributed by atoms with E-state index in [2.05, 4.69) is 5.16 Å². The number of carbonyl (C=O) groups is 3. The van der Waals surface area contributed by atoms with E-state index in [1.807, 2.05) is 6.07 Å². The first kappa shape index (κ1) is 26.2. The number of aromatic nitrogens is 1. The predicted octanol–water partition coefficient (Wildman–Crippen LogP) is 3.81. The van der Waals surface area contributed by atoms with Gasteiger partial charge in [0.15, 0.2) is 11.5 Å². The molecule has 0 saturated carbocycles. The lowest BCUT2D eigenvalue weighted by Gasteiger charge is -2.32. The second-order valence-electron chi connectivity index (χ2n) is 9.13. The van der Waals surface area contributed by atoms with Crippen LogP contribution in [0.2, 0.25) is 5.02 Å². The number of carbonyl (C=O) groups excluding carboxylic acids is 3. The Morgan fingerprint density at radius 2 is 2.00 bits per heavy atom. The Morgan fingerprint density at radius 3 is 2.69 bits per heavy atom. The molecule has 2 aliphatic rings. The van der Waals surface area contributed by atoms with Gasteiger partial charge in [-0.1, -0.05) is 28.9 Å². The first-order valence-corrected chi connectivity index (χ1v) is 12.9. The summed E-state index contributed by atoms with van der Waals surface area (Å²) in [5, 5.41) is 4.54. The average Bonchev–Trinajstić information content (AvgIpc) is 3.59. The van der Waals surface area contributed by atoms with Crippen molar-refractivity contribution in [2.75, 3.05) is 39.4 Å². The molecular weight excluding hydrogens is 486 g/mol. The fraction of sp³-hybridized carbons (Fsp3) is 0.538. The topological polar surface area (TPSA) is 102 Å². The fourth-order valence-electron chi connectivity index (χ4n) is 4.64. The molecule has 1 aromatic heterocycles. The number of esters is 1. The molecule has 0 bridgehead atoms. The summed E-state index contributed by atoms with van der Waals surface area (Å²) in [7, 11) is 0. The van der Waals surface area contributed by atoms with Gasteiger partial charge in [-0.2, -0.15) is 0 Å². The van der Waals surface area contributed by atoms with E-state index in [0.29, 0.717) is 56.5 Å². The van der Waals surface area contributed by atoms with Crippen LogP contribution in [0.4, 0.5) is 0 Å². The minimum atomic E-state index is -0.309. The summed E-state index contributed by atoms with van der Waals surface area (Å²) in [5.74, 6) is -0.257. The van der Waals surface area contributed by atoms with E-state index in [-0.39, 0.29) is 48.5 Å². The number of piperidine rings is 1. The summed E-state index contributed by atoms with van der Waals surface area (Å²) in [6.45, 7) is 4.47. The van der Waals surface area contributed by atoms with Gasteiger partial charge in [-0.3, -0.25) is 14.4 Å². The number of hydrogen-bond acceptors (Lipinski definition) is 7. The zero-order chi connectivity index (χ0) is 25.5. The van der Waals surface area contributed by atoms with Crippen LogP contribution in [0.15, 0.2) is 34.9 Å². The van der Waals surface area contributed by atoms with E-state index in [1.54, 1.807) is 41.0 Å². The van der Waals surface area contributed by atoms with E-state index in [1.165, 1.54) is 0 Å². The van der Waals surface area contributed by atoms with Crippen molar-refractivity contribution in [3.05, 3.63) is 41.0 Å². The van der Waals surface area contributed by atoms with Gasteiger partial charge in [-0.15, -0.1) is 0 Å². The monoisotopic (exact) mass is 517 g/mol. The first-order valence-electron chi connectivity index (χ1n) is 12.5. The van der Waals surface area contributed by atoms with E-state index < -0.39 is 0 Å². The number of nitrogens with zero attached hydrogens (tertiary/aromatic N) is 3. The van der Waals surface area contributed by atoms with Crippen LogP contribution in [-0.2, 0) is 19.1 Å². The lowest BCUT2D eigenvalue weighted by atomic mass is 9.97.